The van der Waals surface area contributed by atoms with Crippen LogP contribution in [0.4, 0.5) is 0 Å². The normalized spacial score (nSPS) is 18.8. The van der Waals surface area contributed by atoms with E-state index in [0.29, 0.717) is 17.3 Å². The summed E-state index contributed by atoms with van der Waals surface area (Å²) in [5.74, 6) is 0. The van der Waals surface area contributed by atoms with Crippen LogP contribution in [-0.2, 0) is 6.42 Å². The number of pyridine rings is 2. The molecule has 5 rings (SSSR count). The molecule has 6 nitrogen and oxygen atoms in total. The maximum Gasteiger partial charge on any atom is 0.261 e. The maximum absolute atomic E-state index is 13.5. The Labute approximate surface area is 186 Å². The lowest BCUT2D eigenvalue weighted by atomic mass is 9.92. The van der Waals surface area contributed by atoms with Crippen molar-refractivity contribution >= 4 is 27.4 Å². The highest BCUT2D eigenvalue weighted by Gasteiger charge is 2.26. The van der Waals surface area contributed by atoms with Gasteiger partial charge in [0.25, 0.3) is 5.56 Å². The van der Waals surface area contributed by atoms with E-state index in [1.54, 1.807) is 17.1 Å². The minimum Gasteiger partial charge on any atom is -0.391 e. The van der Waals surface area contributed by atoms with Crippen molar-refractivity contribution in [3.8, 4) is 0 Å². The summed E-state index contributed by atoms with van der Waals surface area (Å²) in [5, 5.41) is 11.9. The lowest BCUT2D eigenvalue weighted by Gasteiger charge is -2.29. The summed E-state index contributed by atoms with van der Waals surface area (Å²) >= 11 is 0. The standard InChI is InChI=1S/C26H26N4O2/c1-16(2)21-10-9-17(14-28-21)12-18-13-20-25(19-6-5-11-27-24(18)19)29-15-30(26(20)32)22-7-3-4-8-23(22)31/h5-6,9-11,13-15,22-23,31H,1,3-4,7-8,12H2,2H3/t22-,23-/m0/s1. The van der Waals surface area contributed by atoms with Gasteiger partial charge in [-0.25, -0.2) is 4.98 Å². The topological polar surface area (TPSA) is 80.9 Å². The number of nitrogens with zero attached hydrogens (tertiary/aromatic N) is 4. The molecule has 2 atom stereocenters. The summed E-state index contributed by atoms with van der Waals surface area (Å²) in [6, 6.07) is 9.53. The van der Waals surface area contributed by atoms with E-state index < -0.39 is 6.10 Å². The highest BCUT2D eigenvalue weighted by molar-refractivity contribution is 6.04. The van der Waals surface area contributed by atoms with Crippen molar-refractivity contribution in [2.45, 2.75) is 51.2 Å². The van der Waals surface area contributed by atoms with Crippen molar-refractivity contribution in [3.63, 3.8) is 0 Å². The highest BCUT2D eigenvalue weighted by atomic mass is 16.3. The second-order valence-electron chi connectivity index (χ2n) is 8.72. The van der Waals surface area contributed by atoms with E-state index in [9.17, 15) is 9.90 Å². The van der Waals surface area contributed by atoms with Gasteiger partial charge in [-0.15, -0.1) is 0 Å². The van der Waals surface area contributed by atoms with Gasteiger partial charge in [-0.2, -0.15) is 0 Å². The largest absolute Gasteiger partial charge is 0.391 e. The molecule has 1 saturated carbocycles. The molecule has 0 radical (unpaired) electrons. The second kappa shape index (κ2) is 8.28. The molecular weight excluding hydrogens is 400 g/mol. The van der Waals surface area contributed by atoms with Crippen LogP contribution in [-0.4, -0.2) is 30.7 Å². The van der Waals surface area contributed by atoms with Crippen molar-refractivity contribution in [1.82, 2.24) is 19.5 Å². The summed E-state index contributed by atoms with van der Waals surface area (Å²) in [5.41, 5.74) is 5.17. The van der Waals surface area contributed by atoms with Gasteiger partial charge in [0.05, 0.1) is 40.6 Å². The Morgan fingerprint density at radius 2 is 1.97 bits per heavy atom. The van der Waals surface area contributed by atoms with Crippen LogP contribution in [0, 0.1) is 0 Å². The van der Waals surface area contributed by atoms with E-state index in [1.165, 1.54) is 0 Å². The molecule has 1 aromatic carbocycles. The summed E-state index contributed by atoms with van der Waals surface area (Å²) in [6.45, 7) is 5.88. The molecule has 32 heavy (non-hydrogen) atoms. The molecule has 0 aliphatic heterocycles. The van der Waals surface area contributed by atoms with Crippen molar-refractivity contribution < 1.29 is 5.11 Å². The first-order valence-electron chi connectivity index (χ1n) is 11.1. The fourth-order valence-corrected chi connectivity index (χ4v) is 4.71. The first-order valence-corrected chi connectivity index (χ1v) is 11.1. The SMILES string of the molecule is C=C(C)c1ccc(Cc2cc3c(=O)n([C@H]4CCCC[C@@H]4O)cnc3c3cccnc23)cn1. The number of hydrogen-bond acceptors (Lipinski definition) is 5. The maximum atomic E-state index is 13.5. The van der Waals surface area contributed by atoms with Crippen molar-refractivity contribution in [2.24, 2.45) is 0 Å². The van der Waals surface area contributed by atoms with Crippen molar-refractivity contribution in [1.29, 1.82) is 0 Å². The highest BCUT2D eigenvalue weighted by Crippen LogP contribution is 2.30. The average Bonchev–Trinajstić information content (AvgIpc) is 2.81. The van der Waals surface area contributed by atoms with Gasteiger partial charge in [-0.05, 0) is 60.7 Å². The molecule has 0 spiro atoms. The van der Waals surface area contributed by atoms with E-state index in [2.05, 4.69) is 21.5 Å². The van der Waals surface area contributed by atoms with Crippen LogP contribution in [0.2, 0.25) is 0 Å². The van der Waals surface area contributed by atoms with Crippen LogP contribution >= 0.6 is 0 Å². The van der Waals surface area contributed by atoms with Gasteiger partial charge in [-0.3, -0.25) is 19.3 Å². The number of hydrogen-bond donors (Lipinski definition) is 1. The number of aliphatic hydroxyl groups is 1. The van der Waals surface area contributed by atoms with Crippen LogP contribution in [0.3, 0.4) is 0 Å². The molecule has 3 aromatic heterocycles. The quantitative estimate of drug-likeness (QED) is 0.488. The Morgan fingerprint density at radius 3 is 2.72 bits per heavy atom. The molecule has 1 fully saturated rings. The molecule has 1 N–H and O–H groups in total. The fraction of sp³-hybridized carbons (Fsp3) is 0.308. The Hall–Kier alpha value is -3.38. The summed E-state index contributed by atoms with van der Waals surface area (Å²) in [6.07, 6.45) is 8.80. The van der Waals surface area contributed by atoms with Gasteiger partial charge in [0.2, 0.25) is 0 Å². The molecule has 6 heteroatoms. The van der Waals surface area contributed by atoms with Gasteiger partial charge in [0, 0.05) is 24.2 Å². The third-order valence-electron chi connectivity index (χ3n) is 6.42. The van der Waals surface area contributed by atoms with E-state index in [1.807, 2.05) is 43.5 Å². The van der Waals surface area contributed by atoms with E-state index >= 15 is 0 Å². The van der Waals surface area contributed by atoms with Gasteiger partial charge in [0.1, 0.15) is 0 Å². The molecule has 1 aliphatic rings. The van der Waals surface area contributed by atoms with Crippen molar-refractivity contribution in [2.75, 3.05) is 0 Å². The predicted molar refractivity (Wildman–Crippen MR) is 127 cm³/mol. The first kappa shape index (κ1) is 20.5. The number of aromatic nitrogens is 4. The molecule has 162 valence electrons. The van der Waals surface area contributed by atoms with E-state index in [0.717, 1.165) is 59.0 Å². The number of aliphatic hydroxyl groups excluding tert-OH is 1. The molecule has 0 saturated heterocycles. The summed E-state index contributed by atoms with van der Waals surface area (Å²) < 4.78 is 1.63. The molecule has 0 amide bonds. The van der Waals surface area contributed by atoms with Crippen LogP contribution in [0.5, 0.6) is 0 Å². The van der Waals surface area contributed by atoms with Gasteiger partial charge in [-0.1, -0.05) is 25.5 Å². The van der Waals surface area contributed by atoms with Gasteiger partial charge < -0.3 is 5.11 Å². The van der Waals surface area contributed by atoms with Crippen LogP contribution in [0.25, 0.3) is 27.4 Å². The zero-order valence-electron chi connectivity index (χ0n) is 18.2. The molecular formula is C26H26N4O2. The zero-order valence-corrected chi connectivity index (χ0v) is 18.2. The third-order valence-corrected chi connectivity index (χ3v) is 6.42. The molecule has 1 aliphatic carbocycles. The molecule has 0 unspecified atom stereocenters. The summed E-state index contributed by atoms with van der Waals surface area (Å²) in [4.78, 5) is 27.3. The lowest BCUT2D eigenvalue weighted by molar-refractivity contribution is 0.0735. The average molecular weight is 427 g/mol. The number of benzene rings is 1. The Morgan fingerprint density at radius 1 is 1.12 bits per heavy atom. The number of rotatable bonds is 4. The van der Waals surface area contributed by atoms with Gasteiger partial charge in [0.15, 0.2) is 0 Å². The second-order valence-corrected chi connectivity index (χ2v) is 8.72. The monoisotopic (exact) mass is 426 g/mol. The molecule has 0 bridgehead atoms. The Kier molecular flexibility index (Phi) is 5.31. The first-order chi connectivity index (χ1) is 15.5. The van der Waals surface area contributed by atoms with Crippen molar-refractivity contribution in [3.05, 3.63) is 82.8 Å². The zero-order chi connectivity index (χ0) is 22.2. The fourth-order valence-electron chi connectivity index (χ4n) is 4.71. The Balaban J connectivity index is 1.65. The Bertz CT molecular complexity index is 1370. The number of fused-ring (bicyclic) bond motifs is 3. The molecule has 3 heterocycles. The van der Waals surface area contributed by atoms with Gasteiger partial charge >= 0.3 is 0 Å². The van der Waals surface area contributed by atoms with E-state index in [4.69, 9.17) is 0 Å². The van der Waals surface area contributed by atoms with Crippen LogP contribution < -0.4 is 5.56 Å². The summed E-state index contributed by atoms with van der Waals surface area (Å²) in [7, 11) is 0. The smallest absolute Gasteiger partial charge is 0.261 e. The predicted octanol–water partition coefficient (Wildman–Crippen LogP) is 4.44. The lowest BCUT2D eigenvalue weighted by Crippen LogP contribution is -2.34. The minimum atomic E-state index is -0.514. The van der Waals surface area contributed by atoms with E-state index in [-0.39, 0.29) is 11.6 Å². The molecule has 4 aromatic rings. The minimum absolute atomic E-state index is 0.108. The third kappa shape index (κ3) is 3.60. The number of allylic oxidation sites excluding steroid dienone is 1. The van der Waals surface area contributed by atoms with Crippen LogP contribution in [0.1, 0.15) is 55.5 Å². The van der Waals surface area contributed by atoms with Crippen LogP contribution in [0.15, 0.2) is 60.4 Å².